The molecule has 106 valence electrons. The zero-order valence-electron chi connectivity index (χ0n) is 11.5. The van der Waals surface area contributed by atoms with Crippen molar-refractivity contribution in [2.45, 2.75) is 38.3 Å². The Bertz CT molecular complexity index is 427. The molecule has 0 saturated carbocycles. The Morgan fingerprint density at radius 3 is 2.95 bits per heavy atom. The van der Waals surface area contributed by atoms with Gasteiger partial charge >= 0.3 is 0 Å². The van der Waals surface area contributed by atoms with E-state index in [-0.39, 0.29) is 10.8 Å². The molecule has 3 unspecified atom stereocenters. The van der Waals surface area contributed by atoms with E-state index in [0.29, 0.717) is 18.1 Å². The smallest absolute Gasteiger partial charge is 0.142 e. The van der Waals surface area contributed by atoms with Crippen molar-refractivity contribution in [1.82, 2.24) is 5.32 Å². The lowest BCUT2D eigenvalue weighted by Crippen LogP contribution is -2.39. The first-order valence-electron chi connectivity index (χ1n) is 6.88. The summed E-state index contributed by atoms with van der Waals surface area (Å²) in [4.78, 5) is 0. The van der Waals surface area contributed by atoms with Gasteiger partial charge in [-0.2, -0.15) is 0 Å². The minimum atomic E-state index is -0.344. The molecule has 0 amide bonds. The third-order valence-electron chi connectivity index (χ3n) is 3.99. The molecule has 19 heavy (non-hydrogen) atoms. The lowest BCUT2D eigenvalue weighted by molar-refractivity contribution is 0.0783. The highest BCUT2D eigenvalue weighted by Crippen LogP contribution is 2.28. The highest BCUT2D eigenvalue weighted by atomic mass is 35.5. The van der Waals surface area contributed by atoms with E-state index in [2.05, 4.69) is 12.2 Å². The second kappa shape index (κ2) is 6.69. The third kappa shape index (κ3) is 3.47. The van der Waals surface area contributed by atoms with Gasteiger partial charge in [0.25, 0.3) is 0 Å². The van der Waals surface area contributed by atoms with E-state index in [4.69, 9.17) is 16.3 Å². The summed E-state index contributed by atoms with van der Waals surface area (Å²) in [5, 5.41) is 3.54. The Hall–Kier alpha value is -0.640. The van der Waals surface area contributed by atoms with Crippen LogP contribution in [0.2, 0.25) is 5.02 Å². The minimum Gasteiger partial charge on any atom is -0.378 e. The zero-order chi connectivity index (χ0) is 13.8. The van der Waals surface area contributed by atoms with Crippen molar-refractivity contribution < 1.29 is 9.13 Å². The van der Waals surface area contributed by atoms with Crippen molar-refractivity contribution >= 4 is 11.6 Å². The number of benzene rings is 1. The SMILES string of the molecule is CCC1OCCC1C(Cc1ccc(Cl)c(F)c1)NC. The summed E-state index contributed by atoms with van der Waals surface area (Å²) in [5.41, 5.74) is 0.975. The molecule has 0 aliphatic carbocycles. The third-order valence-corrected chi connectivity index (χ3v) is 4.30. The van der Waals surface area contributed by atoms with Crippen molar-refractivity contribution in [1.29, 1.82) is 0 Å². The summed E-state index contributed by atoms with van der Waals surface area (Å²) < 4.78 is 19.2. The van der Waals surface area contributed by atoms with Crippen LogP contribution in [0.25, 0.3) is 0 Å². The molecule has 1 aliphatic heterocycles. The molecule has 0 radical (unpaired) electrons. The van der Waals surface area contributed by atoms with Crippen LogP contribution in [0.5, 0.6) is 0 Å². The van der Waals surface area contributed by atoms with Gasteiger partial charge in [0.15, 0.2) is 0 Å². The minimum absolute atomic E-state index is 0.181. The van der Waals surface area contributed by atoms with Crippen molar-refractivity contribution in [3.8, 4) is 0 Å². The molecule has 1 fully saturated rings. The van der Waals surface area contributed by atoms with Crippen LogP contribution in [0.1, 0.15) is 25.3 Å². The molecule has 1 aromatic rings. The van der Waals surface area contributed by atoms with Gasteiger partial charge in [-0.1, -0.05) is 24.6 Å². The summed E-state index contributed by atoms with van der Waals surface area (Å²) in [6.07, 6.45) is 3.21. The summed E-state index contributed by atoms with van der Waals surface area (Å²) >= 11 is 5.71. The number of ether oxygens (including phenoxy) is 1. The van der Waals surface area contributed by atoms with E-state index >= 15 is 0 Å². The van der Waals surface area contributed by atoms with Gasteiger partial charge in [-0.15, -0.1) is 0 Å². The highest BCUT2D eigenvalue weighted by molar-refractivity contribution is 6.30. The Morgan fingerprint density at radius 1 is 1.53 bits per heavy atom. The fourth-order valence-electron chi connectivity index (χ4n) is 2.93. The predicted molar refractivity (Wildman–Crippen MR) is 76.1 cm³/mol. The lowest BCUT2D eigenvalue weighted by Gasteiger charge is -2.27. The normalized spacial score (nSPS) is 24.6. The maximum absolute atomic E-state index is 13.5. The van der Waals surface area contributed by atoms with E-state index in [1.807, 2.05) is 13.1 Å². The van der Waals surface area contributed by atoms with E-state index < -0.39 is 0 Å². The number of hydrogen-bond donors (Lipinski definition) is 1. The molecule has 1 N–H and O–H groups in total. The molecule has 1 aromatic carbocycles. The van der Waals surface area contributed by atoms with Gasteiger partial charge in [-0.3, -0.25) is 0 Å². The molecule has 0 bridgehead atoms. The average molecular weight is 286 g/mol. The number of nitrogens with one attached hydrogen (secondary N) is 1. The van der Waals surface area contributed by atoms with Crippen LogP contribution in [0, 0.1) is 11.7 Å². The second-order valence-corrected chi connectivity index (χ2v) is 5.52. The molecule has 0 aromatic heterocycles. The van der Waals surface area contributed by atoms with Crippen LogP contribution >= 0.6 is 11.6 Å². The van der Waals surface area contributed by atoms with Crippen LogP contribution in [0.4, 0.5) is 4.39 Å². The fourth-order valence-corrected chi connectivity index (χ4v) is 3.05. The van der Waals surface area contributed by atoms with E-state index in [9.17, 15) is 4.39 Å². The highest BCUT2D eigenvalue weighted by Gasteiger charge is 2.32. The Kier molecular flexibility index (Phi) is 5.20. The average Bonchev–Trinajstić information content (AvgIpc) is 2.88. The number of halogens is 2. The van der Waals surface area contributed by atoms with Gasteiger partial charge in [-0.25, -0.2) is 4.39 Å². The molecular formula is C15H21ClFNO. The largest absolute Gasteiger partial charge is 0.378 e. The molecule has 4 heteroatoms. The van der Waals surface area contributed by atoms with Crippen LogP contribution in [0.3, 0.4) is 0 Å². The number of hydrogen-bond acceptors (Lipinski definition) is 2. The van der Waals surface area contributed by atoms with Gasteiger partial charge in [-0.05, 0) is 44.0 Å². The molecule has 2 rings (SSSR count). The van der Waals surface area contributed by atoms with Crippen molar-refractivity contribution in [2.75, 3.05) is 13.7 Å². The Balaban J connectivity index is 2.08. The first-order chi connectivity index (χ1) is 9.15. The first-order valence-corrected chi connectivity index (χ1v) is 7.26. The Labute approximate surface area is 119 Å². The number of rotatable bonds is 5. The van der Waals surface area contributed by atoms with Gasteiger partial charge in [0.2, 0.25) is 0 Å². The standard InChI is InChI=1S/C15H21ClFNO/c1-3-15-11(6-7-19-15)14(18-2)9-10-4-5-12(16)13(17)8-10/h4-5,8,11,14-15,18H,3,6-7,9H2,1-2H3. The lowest BCUT2D eigenvalue weighted by atomic mass is 9.87. The van der Waals surface area contributed by atoms with Crippen molar-refractivity contribution in [3.63, 3.8) is 0 Å². The molecular weight excluding hydrogens is 265 g/mol. The van der Waals surface area contributed by atoms with E-state index in [1.165, 1.54) is 6.07 Å². The second-order valence-electron chi connectivity index (χ2n) is 5.12. The van der Waals surface area contributed by atoms with E-state index in [1.54, 1.807) is 6.07 Å². The quantitative estimate of drug-likeness (QED) is 0.895. The van der Waals surface area contributed by atoms with Crippen molar-refractivity contribution in [2.24, 2.45) is 5.92 Å². The predicted octanol–water partition coefficient (Wildman–Crippen LogP) is 3.42. The fraction of sp³-hybridized carbons (Fsp3) is 0.600. The molecule has 1 saturated heterocycles. The van der Waals surface area contributed by atoms with Crippen LogP contribution in [-0.4, -0.2) is 25.8 Å². The summed E-state index contributed by atoms with van der Waals surface area (Å²) in [7, 11) is 1.96. The summed E-state index contributed by atoms with van der Waals surface area (Å²) in [6, 6.07) is 5.37. The van der Waals surface area contributed by atoms with Crippen LogP contribution < -0.4 is 5.32 Å². The summed E-state index contributed by atoms with van der Waals surface area (Å²) in [6.45, 7) is 2.98. The zero-order valence-corrected chi connectivity index (χ0v) is 12.2. The van der Waals surface area contributed by atoms with Crippen LogP contribution in [0.15, 0.2) is 18.2 Å². The van der Waals surface area contributed by atoms with Gasteiger partial charge in [0, 0.05) is 18.6 Å². The molecule has 3 atom stereocenters. The maximum atomic E-state index is 13.5. The molecule has 1 heterocycles. The number of likely N-dealkylation sites (N-methyl/N-ethyl adjacent to an activating group) is 1. The monoisotopic (exact) mass is 285 g/mol. The van der Waals surface area contributed by atoms with Crippen molar-refractivity contribution in [3.05, 3.63) is 34.6 Å². The molecule has 2 nitrogen and oxygen atoms in total. The van der Waals surface area contributed by atoms with Crippen LogP contribution in [-0.2, 0) is 11.2 Å². The maximum Gasteiger partial charge on any atom is 0.142 e. The Morgan fingerprint density at radius 2 is 2.32 bits per heavy atom. The molecule has 0 spiro atoms. The topological polar surface area (TPSA) is 21.3 Å². The van der Waals surface area contributed by atoms with Gasteiger partial charge < -0.3 is 10.1 Å². The van der Waals surface area contributed by atoms with Gasteiger partial charge in [0.05, 0.1) is 11.1 Å². The van der Waals surface area contributed by atoms with E-state index in [0.717, 1.165) is 31.4 Å². The summed E-state index contributed by atoms with van der Waals surface area (Å²) in [5.74, 6) is 0.150. The van der Waals surface area contributed by atoms with Gasteiger partial charge in [0.1, 0.15) is 5.82 Å². The molecule has 1 aliphatic rings. The first kappa shape index (κ1) is 14.8.